The summed E-state index contributed by atoms with van der Waals surface area (Å²) in [4.78, 5) is 0.402. The predicted molar refractivity (Wildman–Crippen MR) is 171 cm³/mol. The first kappa shape index (κ1) is 30.3. The molecule has 2 aliphatic rings. The Morgan fingerprint density at radius 2 is 1.18 bits per heavy atom. The van der Waals surface area contributed by atoms with Crippen LogP contribution in [0.15, 0.2) is 136 Å². The molecule has 0 aliphatic carbocycles. The Balaban J connectivity index is 1.55. The topological polar surface area (TPSA) is 84.0 Å². The number of sulfonamides is 2. The van der Waals surface area contributed by atoms with Gasteiger partial charge in [-0.15, -0.1) is 0 Å². The summed E-state index contributed by atoms with van der Waals surface area (Å²) in [5.74, 6) is 0.654. The molecule has 6 rings (SSSR count). The summed E-state index contributed by atoms with van der Waals surface area (Å²) in [6, 6.07) is 32.6. The minimum atomic E-state index is -4.01. The first-order valence-electron chi connectivity index (χ1n) is 14.8. The summed E-state index contributed by atoms with van der Waals surface area (Å²) in [5.41, 5.74) is 3.30. The van der Waals surface area contributed by atoms with Crippen molar-refractivity contribution in [1.82, 2.24) is 8.61 Å². The molecule has 0 N–H and O–H groups in total. The minimum Gasteiger partial charge on any atom is -0.498 e. The van der Waals surface area contributed by atoms with Gasteiger partial charge in [0.15, 0.2) is 0 Å². The second-order valence-electron chi connectivity index (χ2n) is 11.2. The highest BCUT2D eigenvalue weighted by Gasteiger charge is 2.51. The van der Waals surface area contributed by atoms with Crippen LogP contribution in [0.1, 0.15) is 48.5 Å². The number of aryl methyl sites for hydroxylation is 1. The van der Waals surface area contributed by atoms with Crippen molar-refractivity contribution in [2.45, 2.75) is 54.6 Å². The molecular weight excluding hydrogens is 593 g/mol. The quantitative estimate of drug-likeness (QED) is 0.219. The van der Waals surface area contributed by atoms with Gasteiger partial charge in [0, 0.05) is 18.5 Å². The molecule has 0 spiro atoms. The lowest BCUT2D eigenvalue weighted by Gasteiger charge is -2.49. The SMILES string of the molecule is CCOC1=C2CN(S(=O)(=O)c3ccc(C)cc3)[C@H](c3ccccc3)C[C@@H]2N(S(=O)(=O)c2ccccc2)[C@H](c2ccccc2)C1. The third kappa shape index (κ3) is 5.61. The highest BCUT2D eigenvalue weighted by molar-refractivity contribution is 7.89. The van der Waals surface area contributed by atoms with Crippen molar-refractivity contribution in [3.8, 4) is 0 Å². The zero-order valence-electron chi connectivity index (χ0n) is 24.8. The zero-order chi connectivity index (χ0) is 30.9. The Hall–Kier alpha value is -3.76. The highest BCUT2D eigenvalue weighted by Crippen LogP contribution is 2.49. The lowest BCUT2D eigenvalue weighted by Crippen LogP contribution is -2.54. The molecule has 0 saturated carbocycles. The van der Waals surface area contributed by atoms with Gasteiger partial charge < -0.3 is 4.74 Å². The van der Waals surface area contributed by atoms with E-state index in [9.17, 15) is 16.8 Å². The first-order valence-corrected chi connectivity index (χ1v) is 17.7. The average Bonchev–Trinajstić information content (AvgIpc) is 3.05. The third-order valence-electron chi connectivity index (χ3n) is 8.51. The van der Waals surface area contributed by atoms with Crippen LogP contribution < -0.4 is 0 Å². The van der Waals surface area contributed by atoms with Crippen LogP contribution in [0, 0.1) is 6.92 Å². The maximum atomic E-state index is 14.6. The molecule has 0 unspecified atom stereocenters. The zero-order valence-corrected chi connectivity index (χ0v) is 26.4. The van der Waals surface area contributed by atoms with E-state index in [-0.39, 0.29) is 22.8 Å². The number of benzene rings is 4. The summed E-state index contributed by atoms with van der Waals surface area (Å²) in [7, 11) is -7.97. The molecule has 0 aromatic heterocycles. The van der Waals surface area contributed by atoms with E-state index in [1.165, 1.54) is 4.31 Å². The lowest BCUT2D eigenvalue weighted by atomic mass is 9.84. The molecule has 9 heteroatoms. The Morgan fingerprint density at radius 3 is 1.75 bits per heavy atom. The number of ether oxygens (including phenoxy) is 1. The molecule has 7 nitrogen and oxygen atoms in total. The largest absolute Gasteiger partial charge is 0.498 e. The molecule has 0 bridgehead atoms. The predicted octanol–water partition coefficient (Wildman–Crippen LogP) is 6.63. The fraction of sp³-hybridized carbons (Fsp3) is 0.257. The molecule has 4 aromatic rings. The van der Waals surface area contributed by atoms with Crippen LogP contribution in [0.5, 0.6) is 0 Å². The van der Waals surface area contributed by atoms with E-state index in [1.54, 1.807) is 58.9 Å². The molecule has 2 aliphatic heterocycles. The highest BCUT2D eigenvalue weighted by atomic mass is 32.2. The summed E-state index contributed by atoms with van der Waals surface area (Å²) in [5, 5.41) is 0. The maximum Gasteiger partial charge on any atom is 0.244 e. The van der Waals surface area contributed by atoms with E-state index in [2.05, 4.69) is 0 Å². The van der Waals surface area contributed by atoms with Crippen LogP contribution in [0.25, 0.3) is 0 Å². The number of piperidine rings is 1. The van der Waals surface area contributed by atoms with Gasteiger partial charge in [-0.05, 0) is 55.7 Å². The number of hydrogen-bond donors (Lipinski definition) is 0. The average molecular weight is 629 g/mol. The molecule has 0 radical (unpaired) electrons. The van der Waals surface area contributed by atoms with Crippen molar-refractivity contribution >= 4 is 20.0 Å². The van der Waals surface area contributed by atoms with Gasteiger partial charge in [0.1, 0.15) is 0 Å². The molecule has 228 valence electrons. The monoisotopic (exact) mass is 628 g/mol. The van der Waals surface area contributed by atoms with Crippen molar-refractivity contribution in [2.75, 3.05) is 13.2 Å². The van der Waals surface area contributed by atoms with Crippen LogP contribution in [-0.2, 0) is 24.8 Å². The van der Waals surface area contributed by atoms with E-state index < -0.39 is 38.2 Å². The Kier molecular flexibility index (Phi) is 8.48. The van der Waals surface area contributed by atoms with Gasteiger partial charge in [0.2, 0.25) is 20.0 Å². The fourth-order valence-corrected chi connectivity index (χ4v) is 9.82. The minimum absolute atomic E-state index is 0.0120. The van der Waals surface area contributed by atoms with Crippen molar-refractivity contribution < 1.29 is 21.6 Å². The third-order valence-corrected chi connectivity index (χ3v) is 12.3. The standard InChI is InChI=1S/C35H36N2O5S2/c1-3-42-35-24-33(28-15-9-5-10-16-28)37(44(40,41)29-17-11-6-12-18-29)34-23-32(27-13-7-4-8-14-27)36(25-31(34)35)43(38,39)30-21-19-26(2)20-22-30/h4-22,32-34H,3,23-25H2,1-2H3/t32-,33-,34-/m0/s1. The summed E-state index contributed by atoms with van der Waals surface area (Å²) in [6.45, 7) is 4.20. The second-order valence-corrected chi connectivity index (χ2v) is 14.9. The molecule has 3 atom stereocenters. The molecule has 2 heterocycles. The van der Waals surface area contributed by atoms with Crippen LogP contribution in [0.4, 0.5) is 0 Å². The number of fused-ring (bicyclic) bond motifs is 1. The number of rotatable bonds is 8. The summed E-state index contributed by atoms with van der Waals surface area (Å²) in [6.07, 6.45) is 0.528. The molecule has 4 aromatic carbocycles. The van der Waals surface area contributed by atoms with Crippen molar-refractivity contribution in [2.24, 2.45) is 0 Å². The lowest BCUT2D eigenvalue weighted by molar-refractivity contribution is 0.118. The Labute approximate surface area is 260 Å². The summed E-state index contributed by atoms with van der Waals surface area (Å²) < 4.78 is 67.2. The van der Waals surface area contributed by atoms with Crippen LogP contribution in [0.2, 0.25) is 0 Å². The molecule has 1 saturated heterocycles. The van der Waals surface area contributed by atoms with E-state index in [0.29, 0.717) is 24.4 Å². The number of nitrogens with zero attached hydrogens (tertiary/aromatic N) is 2. The van der Waals surface area contributed by atoms with E-state index in [0.717, 1.165) is 16.7 Å². The van der Waals surface area contributed by atoms with Gasteiger partial charge in [0.25, 0.3) is 0 Å². The smallest absolute Gasteiger partial charge is 0.244 e. The van der Waals surface area contributed by atoms with Crippen molar-refractivity contribution in [1.29, 1.82) is 0 Å². The van der Waals surface area contributed by atoms with Crippen LogP contribution in [-0.4, -0.2) is 44.6 Å². The number of hydrogen-bond acceptors (Lipinski definition) is 5. The van der Waals surface area contributed by atoms with Crippen LogP contribution in [0.3, 0.4) is 0 Å². The van der Waals surface area contributed by atoms with Gasteiger partial charge in [-0.2, -0.15) is 8.61 Å². The van der Waals surface area contributed by atoms with Gasteiger partial charge in [0.05, 0.1) is 40.3 Å². The molecule has 1 fully saturated rings. The summed E-state index contributed by atoms with van der Waals surface area (Å²) >= 11 is 0. The molecule has 44 heavy (non-hydrogen) atoms. The van der Waals surface area contributed by atoms with Crippen molar-refractivity contribution in [3.05, 3.63) is 143 Å². The first-order chi connectivity index (χ1) is 21.2. The van der Waals surface area contributed by atoms with Gasteiger partial charge >= 0.3 is 0 Å². The fourth-order valence-electron chi connectivity index (χ4n) is 6.39. The van der Waals surface area contributed by atoms with E-state index in [4.69, 9.17) is 4.74 Å². The molecular formula is C35H36N2O5S2. The molecule has 0 amide bonds. The van der Waals surface area contributed by atoms with Crippen molar-refractivity contribution in [3.63, 3.8) is 0 Å². The van der Waals surface area contributed by atoms with Gasteiger partial charge in [-0.3, -0.25) is 0 Å². The normalized spacial score (nSPS) is 21.5. The Morgan fingerprint density at radius 1 is 0.659 bits per heavy atom. The van der Waals surface area contributed by atoms with Crippen LogP contribution >= 0.6 is 0 Å². The van der Waals surface area contributed by atoms with E-state index in [1.807, 2.05) is 74.5 Å². The Bertz CT molecular complexity index is 1840. The second kappa shape index (κ2) is 12.3. The maximum absolute atomic E-state index is 14.6. The van der Waals surface area contributed by atoms with Gasteiger partial charge in [-0.25, -0.2) is 16.8 Å². The van der Waals surface area contributed by atoms with E-state index >= 15 is 0 Å². The van der Waals surface area contributed by atoms with Gasteiger partial charge in [-0.1, -0.05) is 96.6 Å².